The number of para-hydroxylation sites is 1. The van der Waals surface area contributed by atoms with Crippen molar-refractivity contribution in [2.45, 2.75) is 20.8 Å². The Morgan fingerprint density at radius 1 is 1.11 bits per heavy atom. The molecular formula is C21H20N4OS. The Balaban J connectivity index is 1.70. The van der Waals surface area contributed by atoms with Gasteiger partial charge in [-0.15, -0.1) is 0 Å². The fraction of sp³-hybridized carbons (Fsp3) is 0.143. The molecule has 6 heteroatoms. The summed E-state index contributed by atoms with van der Waals surface area (Å²) >= 11 is 1.28. The molecule has 0 fully saturated rings. The molecule has 27 heavy (non-hydrogen) atoms. The van der Waals surface area contributed by atoms with E-state index < -0.39 is 0 Å². The number of nitrogen functional groups attached to an aromatic ring is 1. The van der Waals surface area contributed by atoms with E-state index in [9.17, 15) is 4.79 Å². The van der Waals surface area contributed by atoms with Crippen LogP contribution in [0.3, 0.4) is 0 Å². The first-order chi connectivity index (χ1) is 12.9. The first-order valence-electron chi connectivity index (χ1n) is 8.66. The molecule has 0 saturated heterocycles. The fourth-order valence-electron chi connectivity index (χ4n) is 3.40. The van der Waals surface area contributed by atoms with Gasteiger partial charge in [0.25, 0.3) is 0 Å². The summed E-state index contributed by atoms with van der Waals surface area (Å²) in [5.74, 6) is 0.148. The van der Waals surface area contributed by atoms with Gasteiger partial charge in [0.05, 0.1) is 5.56 Å². The van der Waals surface area contributed by atoms with Crippen molar-refractivity contribution in [3.05, 3.63) is 69.7 Å². The van der Waals surface area contributed by atoms with Gasteiger partial charge < -0.3 is 16.0 Å². The van der Waals surface area contributed by atoms with E-state index in [-0.39, 0.29) is 11.6 Å². The number of fused-ring (bicyclic) bond motifs is 1. The van der Waals surface area contributed by atoms with E-state index >= 15 is 0 Å². The van der Waals surface area contributed by atoms with E-state index in [4.69, 9.17) is 5.73 Å². The van der Waals surface area contributed by atoms with Crippen LogP contribution >= 0.6 is 11.3 Å². The van der Waals surface area contributed by atoms with Crippen LogP contribution in [0.25, 0.3) is 10.9 Å². The highest BCUT2D eigenvalue weighted by Gasteiger charge is 2.23. The van der Waals surface area contributed by atoms with E-state index in [1.165, 1.54) is 11.3 Å². The van der Waals surface area contributed by atoms with Crippen molar-refractivity contribution in [2.75, 3.05) is 11.1 Å². The average molecular weight is 376 g/mol. The van der Waals surface area contributed by atoms with Gasteiger partial charge in [0.15, 0.2) is 5.13 Å². The lowest BCUT2D eigenvalue weighted by atomic mass is 10.1. The Kier molecular flexibility index (Phi) is 4.20. The lowest BCUT2D eigenvalue weighted by molar-refractivity contribution is 0.104. The van der Waals surface area contributed by atoms with E-state index in [2.05, 4.69) is 21.4 Å². The first-order valence-corrected chi connectivity index (χ1v) is 9.47. The Morgan fingerprint density at radius 2 is 1.81 bits per heavy atom. The van der Waals surface area contributed by atoms with Crippen molar-refractivity contribution in [3.8, 4) is 0 Å². The molecule has 4 rings (SSSR count). The first kappa shape index (κ1) is 17.3. The summed E-state index contributed by atoms with van der Waals surface area (Å²) in [4.78, 5) is 21.3. The molecule has 0 atom stereocenters. The maximum absolute atomic E-state index is 13.2. The number of anilines is 3. The molecule has 2 aromatic heterocycles. The van der Waals surface area contributed by atoms with Crippen LogP contribution in [0.1, 0.15) is 32.1 Å². The lowest BCUT2D eigenvalue weighted by Crippen LogP contribution is -2.03. The summed E-state index contributed by atoms with van der Waals surface area (Å²) < 4.78 is 0. The number of benzene rings is 2. The summed E-state index contributed by atoms with van der Waals surface area (Å²) in [6.45, 7) is 5.99. The van der Waals surface area contributed by atoms with Gasteiger partial charge in [0.2, 0.25) is 5.78 Å². The molecule has 0 saturated carbocycles. The van der Waals surface area contributed by atoms with Crippen LogP contribution in [0, 0.1) is 20.8 Å². The Bertz CT molecular complexity index is 1150. The number of aryl methyl sites for hydroxylation is 3. The number of ketones is 1. The van der Waals surface area contributed by atoms with E-state index in [1.807, 2.05) is 57.2 Å². The SMILES string of the molecule is Cc1cc(C)cc(Nc2nc(N)c(C(=O)c3c(C)[nH]c4ccccc34)s2)c1. The molecule has 5 nitrogen and oxygen atoms in total. The number of nitrogens with one attached hydrogen (secondary N) is 2. The van der Waals surface area contributed by atoms with Gasteiger partial charge in [-0.05, 0) is 50.1 Å². The topological polar surface area (TPSA) is 83.8 Å². The molecule has 0 aliphatic carbocycles. The molecule has 0 amide bonds. The summed E-state index contributed by atoms with van der Waals surface area (Å²) in [6, 6.07) is 14.0. The third kappa shape index (κ3) is 3.19. The second-order valence-electron chi connectivity index (χ2n) is 6.73. The Morgan fingerprint density at radius 3 is 2.56 bits per heavy atom. The van der Waals surface area contributed by atoms with Crippen molar-refractivity contribution >= 4 is 44.7 Å². The molecule has 0 unspecified atom stereocenters. The smallest absolute Gasteiger partial charge is 0.209 e. The zero-order valence-corrected chi connectivity index (χ0v) is 16.2. The Hall–Kier alpha value is -3.12. The largest absolute Gasteiger partial charge is 0.382 e. The highest BCUT2D eigenvalue weighted by atomic mass is 32.1. The van der Waals surface area contributed by atoms with Gasteiger partial charge in [-0.25, -0.2) is 4.98 Å². The van der Waals surface area contributed by atoms with Gasteiger partial charge in [0, 0.05) is 22.3 Å². The van der Waals surface area contributed by atoms with Crippen LogP contribution in [-0.4, -0.2) is 15.8 Å². The third-order valence-electron chi connectivity index (χ3n) is 4.45. The molecule has 4 N–H and O–H groups in total. The highest BCUT2D eigenvalue weighted by Crippen LogP contribution is 2.33. The number of aromatic nitrogens is 2. The van der Waals surface area contributed by atoms with Crippen LogP contribution in [0.5, 0.6) is 0 Å². The molecule has 0 spiro atoms. The Labute approximate surface area is 161 Å². The number of H-pyrrole nitrogens is 1. The summed E-state index contributed by atoms with van der Waals surface area (Å²) in [7, 11) is 0. The van der Waals surface area contributed by atoms with Gasteiger partial charge in [0.1, 0.15) is 10.7 Å². The number of nitrogens with two attached hydrogens (primary N) is 1. The molecule has 2 aromatic carbocycles. The van der Waals surface area contributed by atoms with Crippen molar-refractivity contribution in [3.63, 3.8) is 0 Å². The number of nitrogens with zero attached hydrogens (tertiary/aromatic N) is 1. The number of thiazole rings is 1. The summed E-state index contributed by atoms with van der Waals surface area (Å²) in [5, 5.41) is 4.78. The second kappa shape index (κ2) is 6.55. The van der Waals surface area contributed by atoms with E-state index in [1.54, 1.807) is 0 Å². The van der Waals surface area contributed by atoms with E-state index in [0.29, 0.717) is 15.6 Å². The standard InChI is InChI=1S/C21H20N4OS/c1-11-8-12(2)10-14(9-11)24-21-25-20(22)19(27-21)18(26)17-13(3)23-16-7-5-4-6-15(16)17/h4-10,23H,22H2,1-3H3,(H,24,25). The molecular weight excluding hydrogens is 356 g/mol. The quantitative estimate of drug-likeness (QED) is 0.432. The molecule has 0 bridgehead atoms. The number of carbonyl (C=O) groups is 1. The van der Waals surface area contributed by atoms with Gasteiger partial charge in [-0.1, -0.05) is 35.6 Å². The molecule has 0 radical (unpaired) electrons. The zero-order valence-electron chi connectivity index (χ0n) is 15.4. The molecule has 0 aliphatic rings. The van der Waals surface area contributed by atoms with Crippen LogP contribution < -0.4 is 11.1 Å². The minimum absolute atomic E-state index is 0.103. The zero-order chi connectivity index (χ0) is 19.1. The fourth-order valence-corrected chi connectivity index (χ4v) is 4.25. The lowest BCUT2D eigenvalue weighted by Gasteiger charge is -2.05. The minimum Gasteiger partial charge on any atom is -0.382 e. The van der Waals surface area contributed by atoms with Crippen LogP contribution in [-0.2, 0) is 0 Å². The molecule has 0 aliphatic heterocycles. The predicted octanol–water partition coefficient (Wildman–Crippen LogP) is 5.11. The van der Waals surface area contributed by atoms with E-state index in [0.717, 1.165) is 33.4 Å². The molecule has 4 aromatic rings. The number of carbonyl (C=O) groups excluding carboxylic acids is 1. The predicted molar refractivity (Wildman–Crippen MR) is 112 cm³/mol. The number of hydrogen-bond acceptors (Lipinski definition) is 5. The summed E-state index contributed by atoms with van der Waals surface area (Å²) in [6.07, 6.45) is 0. The van der Waals surface area contributed by atoms with Crippen molar-refractivity contribution in [2.24, 2.45) is 0 Å². The van der Waals surface area contributed by atoms with Crippen molar-refractivity contribution in [1.29, 1.82) is 0 Å². The maximum Gasteiger partial charge on any atom is 0.209 e. The van der Waals surface area contributed by atoms with Gasteiger partial charge in [-0.3, -0.25) is 4.79 Å². The molecule has 2 heterocycles. The van der Waals surface area contributed by atoms with Gasteiger partial charge in [-0.2, -0.15) is 0 Å². The summed E-state index contributed by atoms with van der Waals surface area (Å²) in [5.41, 5.74) is 11.8. The monoisotopic (exact) mass is 376 g/mol. The minimum atomic E-state index is -0.103. The number of hydrogen-bond donors (Lipinski definition) is 3. The van der Waals surface area contributed by atoms with Crippen LogP contribution in [0.4, 0.5) is 16.6 Å². The third-order valence-corrected chi connectivity index (χ3v) is 5.44. The van der Waals surface area contributed by atoms with Crippen LogP contribution in [0.2, 0.25) is 0 Å². The van der Waals surface area contributed by atoms with Crippen LogP contribution in [0.15, 0.2) is 42.5 Å². The maximum atomic E-state index is 13.2. The second-order valence-corrected chi connectivity index (χ2v) is 7.73. The highest BCUT2D eigenvalue weighted by molar-refractivity contribution is 7.18. The number of aromatic amines is 1. The van der Waals surface area contributed by atoms with Crippen molar-refractivity contribution in [1.82, 2.24) is 9.97 Å². The van der Waals surface area contributed by atoms with Gasteiger partial charge >= 0.3 is 0 Å². The van der Waals surface area contributed by atoms with Crippen molar-refractivity contribution < 1.29 is 4.79 Å². The normalized spacial score (nSPS) is 11.1. The number of rotatable bonds is 4. The molecule has 136 valence electrons. The average Bonchev–Trinajstić information content (AvgIpc) is 3.12.